The summed E-state index contributed by atoms with van der Waals surface area (Å²) >= 11 is 1.19. The number of hydrogen-bond donors (Lipinski definition) is 0. The minimum Gasteiger partial charge on any atom is -0.497 e. The number of ketones is 1. The summed E-state index contributed by atoms with van der Waals surface area (Å²) in [6.45, 7) is 0.286. The van der Waals surface area contributed by atoms with Crippen molar-refractivity contribution in [2.24, 2.45) is 0 Å². The molecular weight excluding hydrogens is 368 g/mol. The molecule has 0 fully saturated rings. The predicted octanol–water partition coefficient (Wildman–Crippen LogP) is 3.57. The van der Waals surface area contributed by atoms with E-state index in [0.717, 1.165) is 0 Å². The SMILES string of the molecule is COc1ccc(C(=O)CSc2nnc([C@H]3COc4ccccc4O3)o2)cc1. The first-order valence-electron chi connectivity index (χ1n) is 8.25. The fourth-order valence-electron chi connectivity index (χ4n) is 2.54. The van der Waals surface area contributed by atoms with Gasteiger partial charge in [-0.1, -0.05) is 23.9 Å². The standard InChI is InChI=1S/C19H16N2O5S/c1-23-13-8-6-12(7-9-13)14(22)11-27-19-21-20-18(26-19)17-10-24-15-4-2-3-5-16(15)25-17/h2-9,17H,10-11H2,1H3/t17-/m1/s1. The number of methoxy groups -OCH3 is 1. The molecule has 0 amide bonds. The van der Waals surface area contributed by atoms with E-state index in [9.17, 15) is 4.79 Å². The Balaban J connectivity index is 1.36. The molecule has 7 nitrogen and oxygen atoms in total. The number of ether oxygens (including phenoxy) is 3. The molecule has 4 rings (SSSR count). The quantitative estimate of drug-likeness (QED) is 0.471. The van der Waals surface area contributed by atoms with Crippen molar-refractivity contribution in [2.45, 2.75) is 11.3 Å². The van der Waals surface area contributed by atoms with Crippen LogP contribution in [0.2, 0.25) is 0 Å². The maximum absolute atomic E-state index is 12.3. The maximum atomic E-state index is 12.3. The third-order valence-electron chi connectivity index (χ3n) is 3.94. The number of Topliss-reactive ketones (excluding diaryl/α,β-unsaturated/α-hetero) is 1. The number of carbonyl (C=O) groups is 1. The minimum atomic E-state index is -0.473. The molecule has 0 aliphatic carbocycles. The van der Waals surface area contributed by atoms with Gasteiger partial charge in [-0.05, 0) is 36.4 Å². The lowest BCUT2D eigenvalue weighted by Gasteiger charge is -2.23. The van der Waals surface area contributed by atoms with Crippen LogP contribution in [0.1, 0.15) is 22.4 Å². The van der Waals surface area contributed by atoms with Crippen molar-refractivity contribution < 1.29 is 23.4 Å². The first-order valence-corrected chi connectivity index (χ1v) is 9.23. The summed E-state index contributed by atoms with van der Waals surface area (Å²) in [5.41, 5.74) is 0.601. The fraction of sp³-hybridized carbons (Fsp3) is 0.211. The van der Waals surface area contributed by atoms with Crippen LogP contribution in [-0.4, -0.2) is 35.5 Å². The number of fused-ring (bicyclic) bond motifs is 1. The van der Waals surface area contributed by atoms with Crippen molar-refractivity contribution in [2.75, 3.05) is 19.5 Å². The van der Waals surface area contributed by atoms with Gasteiger partial charge in [0, 0.05) is 5.56 Å². The number of aromatic nitrogens is 2. The lowest BCUT2D eigenvalue weighted by molar-refractivity contribution is 0.0686. The maximum Gasteiger partial charge on any atom is 0.277 e. The molecule has 1 aliphatic heterocycles. The zero-order valence-electron chi connectivity index (χ0n) is 14.5. The highest BCUT2D eigenvalue weighted by atomic mass is 32.2. The zero-order valence-corrected chi connectivity index (χ0v) is 15.3. The summed E-state index contributed by atoms with van der Waals surface area (Å²) in [4.78, 5) is 12.3. The number of nitrogens with zero attached hydrogens (tertiary/aromatic N) is 2. The molecule has 1 aliphatic rings. The van der Waals surface area contributed by atoms with E-state index in [-0.39, 0.29) is 18.1 Å². The molecule has 0 N–H and O–H groups in total. The van der Waals surface area contributed by atoms with Gasteiger partial charge in [-0.15, -0.1) is 10.2 Å². The Kier molecular flexibility index (Phi) is 4.97. The van der Waals surface area contributed by atoms with Crippen molar-refractivity contribution in [1.29, 1.82) is 0 Å². The molecular formula is C19H16N2O5S. The van der Waals surface area contributed by atoms with E-state index in [2.05, 4.69) is 10.2 Å². The van der Waals surface area contributed by atoms with E-state index in [4.69, 9.17) is 18.6 Å². The van der Waals surface area contributed by atoms with Crippen molar-refractivity contribution in [3.63, 3.8) is 0 Å². The van der Waals surface area contributed by atoms with Crippen LogP contribution in [0.3, 0.4) is 0 Å². The average Bonchev–Trinajstić information content (AvgIpc) is 3.21. The fourth-order valence-corrected chi connectivity index (χ4v) is 3.20. The topological polar surface area (TPSA) is 83.7 Å². The number of rotatable bonds is 6. The lowest BCUT2D eigenvalue weighted by atomic mass is 10.1. The highest BCUT2D eigenvalue weighted by molar-refractivity contribution is 7.99. The number of thioether (sulfide) groups is 1. The van der Waals surface area contributed by atoms with Crippen LogP contribution in [0.4, 0.5) is 0 Å². The van der Waals surface area contributed by atoms with Gasteiger partial charge in [-0.2, -0.15) is 0 Å². The van der Waals surface area contributed by atoms with Crippen LogP contribution >= 0.6 is 11.8 Å². The molecule has 1 atom stereocenters. The van der Waals surface area contributed by atoms with Gasteiger partial charge in [0.15, 0.2) is 17.3 Å². The van der Waals surface area contributed by atoms with Crippen molar-refractivity contribution in [1.82, 2.24) is 10.2 Å². The van der Waals surface area contributed by atoms with E-state index < -0.39 is 6.10 Å². The minimum absolute atomic E-state index is 0.0337. The summed E-state index contributed by atoms with van der Waals surface area (Å²) < 4.78 is 22.2. The molecule has 8 heteroatoms. The van der Waals surface area contributed by atoms with Crippen LogP contribution < -0.4 is 14.2 Å². The highest BCUT2D eigenvalue weighted by Gasteiger charge is 2.27. The Bertz CT molecular complexity index is 941. The second kappa shape index (κ2) is 7.71. The Hall–Kier alpha value is -3.00. The molecule has 0 saturated carbocycles. The third-order valence-corrected chi connectivity index (χ3v) is 4.76. The van der Waals surface area contributed by atoms with Gasteiger partial charge in [-0.3, -0.25) is 4.79 Å². The number of benzene rings is 2. The Labute approximate surface area is 159 Å². The molecule has 0 bridgehead atoms. The second-order valence-electron chi connectivity index (χ2n) is 5.71. The van der Waals surface area contributed by atoms with Gasteiger partial charge < -0.3 is 18.6 Å². The second-order valence-corrected chi connectivity index (χ2v) is 6.64. The number of carbonyl (C=O) groups excluding carboxylic acids is 1. The summed E-state index contributed by atoms with van der Waals surface area (Å²) in [5.74, 6) is 2.51. The largest absolute Gasteiger partial charge is 0.497 e. The summed E-state index contributed by atoms with van der Waals surface area (Å²) in [6.07, 6.45) is -0.473. The van der Waals surface area contributed by atoms with Gasteiger partial charge in [0.2, 0.25) is 6.10 Å². The van der Waals surface area contributed by atoms with Crippen molar-refractivity contribution >= 4 is 17.5 Å². The van der Waals surface area contributed by atoms with Gasteiger partial charge >= 0.3 is 0 Å². The summed E-state index contributed by atoms with van der Waals surface area (Å²) in [6, 6.07) is 14.4. The zero-order chi connectivity index (χ0) is 18.6. The van der Waals surface area contributed by atoms with Gasteiger partial charge in [0.1, 0.15) is 12.4 Å². The third kappa shape index (κ3) is 3.90. The molecule has 2 heterocycles. The average molecular weight is 384 g/mol. The van der Waals surface area contributed by atoms with Gasteiger partial charge in [-0.25, -0.2) is 0 Å². The monoisotopic (exact) mass is 384 g/mol. The van der Waals surface area contributed by atoms with Crippen LogP contribution in [0.5, 0.6) is 17.2 Å². The van der Waals surface area contributed by atoms with Gasteiger partial charge in [0.05, 0.1) is 12.9 Å². The van der Waals surface area contributed by atoms with Gasteiger partial charge in [0.25, 0.3) is 11.1 Å². The molecule has 0 radical (unpaired) electrons. The first kappa shape index (κ1) is 17.4. The molecule has 0 saturated heterocycles. The Morgan fingerprint density at radius 2 is 1.93 bits per heavy atom. The highest BCUT2D eigenvalue weighted by Crippen LogP contribution is 2.36. The molecule has 138 valence electrons. The van der Waals surface area contributed by atoms with E-state index >= 15 is 0 Å². The molecule has 1 aromatic heterocycles. The van der Waals surface area contributed by atoms with Crippen LogP contribution in [0.25, 0.3) is 0 Å². The summed E-state index contributed by atoms with van der Waals surface area (Å²) in [5, 5.41) is 8.31. The van der Waals surface area contributed by atoms with Crippen LogP contribution in [-0.2, 0) is 0 Å². The first-order chi connectivity index (χ1) is 13.2. The molecule has 0 unspecified atom stereocenters. The van der Waals surface area contributed by atoms with E-state index in [1.165, 1.54) is 11.8 Å². The molecule has 3 aromatic rings. The smallest absolute Gasteiger partial charge is 0.277 e. The molecule has 2 aromatic carbocycles. The summed E-state index contributed by atoms with van der Waals surface area (Å²) in [7, 11) is 1.58. The van der Waals surface area contributed by atoms with E-state index in [1.807, 2.05) is 24.3 Å². The number of para-hydroxylation sites is 2. The Morgan fingerprint density at radius 3 is 2.70 bits per heavy atom. The van der Waals surface area contributed by atoms with Crippen molar-refractivity contribution in [3.8, 4) is 17.2 Å². The lowest BCUT2D eigenvalue weighted by Crippen LogP contribution is -2.21. The molecule has 0 spiro atoms. The Morgan fingerprint density at radius 1 is 1.15 bits per heavy atom. The van der Waals surface area contributed by atoms with E-state index in [0.29, 0.717) is 33.9 Å². The molecule has 27 heavy (non-hydrogen) atoms. The van der Waals surface area contributed by atoms with E-state index in [1.54, 1.807) is 31.4 Å². The van der Waals surface area contributed by atoms with Crippen LogP contribution in [0.15, 0.2) is 58.2 Å². The predicted molar refractivity (Wildman–Crippen MR) is 97.7 cm³/mol. The van der Waals surface area contributed by atoms with Crippen molar-refractivity contribution in [3.05, 3.63) is 60.0 Å². The van der Waals surface area contributed by atoms with Crippen LogP contribution in [0, 0.1) is 0 Å². The normalized spacial score (nSPS) is 15.4. The number of hydrogen-bond acceptors (Lipinski definition) is 8.